The number of carboxylic acids is 1. The van der Waals surface area contributed by atoms with Crippen molar-refractivity contribution < 1.29 is 19.0 Å². The van der Waals surface area contributed by atoms with Gasteiger partial charge in [-0.2, -0.15) is 0 Å². The lowest BCUT2D eigenvalue weighted by atomic mass is 10.0. The van der Waals surface area contributed by atoms with Gasteiger partial charge in [-0.05, 0) is 45.0 Å². The average Bonchev–Trinajstić information content (AvgIpc) is 2.40. The van der Waals surface area contributed by atoms with Crippen molar-refractivity contribution in [3.63, 3.8) is 0 Å². The van der Waals surface area contributed by atoms with Gasteiger partial charge in [-0.25, -0.2) is 9.18 Å². The molecule has 0 aromatic heterocycles. The molecule has 20 heavy (non-hydrogen) atoms. The number of ether oxygens (including phenoxy) is 1. The quantitative estimate of drug-likeness (QED) is 0.901. The number of likely N-dealkylation sites (tertiary alicyclic amines) is 1. The van der Waals surface area contributed by atoms with Crippen LogP contribution in [0.2, 0.25) is 0 Å². The first-order valence-electron chi connectivity index (χ1n) is 6.94. The molecule has 1 aliphatic heterocycles. The molecule has 0 radical (unpaired) electrons. The van der Waals surface area contributed by atoms with E-state index in [-0.39, 0.29) is 11.3 Å². The smallest absolute Gasteiger partial charge is 0.342 e. The molecular formula is C15H20FNO3. The van der Waals surface area contributed by atoms with E-state index in [2.05, 4.69) is 11.9 Å². The first-order chi connectivity index (χ1) is 9.59. The van der Waals surface area contributed by atoms with Gasteiger partial charge in [0.1, 0.15) is 17.1 Å². The monoisotopic (exact) mass is 281 g/mol. The van der Waals surface area contributed by atoms with Crippen LogP contribution in [0, 0.1) is 5.82 Å². The molecule has 1 saturated heterocycles. The summed E-state index contributed by atoms with van der Waals surface area (Å²) in [5.41, 5.74) is -0.385. The molecule has 110 valence electrons. The molecule has 4 nitrogen and oxygen atoms in total. The highest BCUT2D eigenvalue weighted by Gasteiger charge is 2.20. The number of hydrogen-bond donors (Lipinski definition) is 1. The fraction of sp³-hybridized carbons (Fsp3) is 0.533. The largest absolute Gasteiger partial charge is 0.493 e. The zero-order valence-electron chi connectivity index (χ0n) is 11.6. The van der Waals surface area contributed by atoms with Crippen LogP contribution >= 0.6 is 0 Å². The second-order valence-corrected chi connectivity index (χ2v) is 5.19. The van der Waals surface area contributed by atoms with E-state index >= 15 is 0 Å². The van der Waals surface area contributed by atoms with Crippen molar-refractivity contribution in [2.75, 3.05) is 20.2 Å². The molecule has 0 spiro atoms. The normalized spacial score (nSPS) is 19.8. The van der Waals surface area contributed by atoms with Crippen molar-refractivity contribution in [1.82, 2.24) is 4.90 Å². The van der Waals surface area contributed by atoms with Gasteiger partial charge in [0.05, 0.1) is 6.61 Å². The summed E-state index contributed by atoms with van der Waals surface area (Å²) in [4.78, 5) is 13.3. The van der Waals surface area contributed by atoms with Crippen LogP contribution in [-0.4, -0.2) is 42.2 Å². The number of nitrogens with zero attached hydrogens (tertiary/aromatic N) is 1. The van der Waals surface area contributed by atoms with Gasteiger partial charge in [0.2, 0.25) is 0 Å². The van der Waals surface area contributed by atoms with E-state index in [0.717, 1.165) is 25.5 Å². The molecular weight excluding hydrogens is 261 g/mol. The molecule has 0 amide bonds. The molecule has 0 aliphatic carbocycles. The van der Waals surface area contributed by atoms with Crippen molar-refractivity contribution >= 4 is 5.97 Å². The summed E-state index contributed by atoms with van der Waals surface area (Å²) >= 11 is 0. The molecule has 2 rings (SSSR count). The summed E-state index contributed by atoms with van der Waals surface area (Å²) in [5.74, 6) is -1.95. The van der Waals surface area contributed by atoms with Crippen molar-refractivity contribution in [2.45, 2.75) is 31.7 Å². The Kier molecular flexibility index (Phi) is 4.95. The molecule has 1 fully saturated rings. The third kappa shape index (κ3) is 3.48. The Balaban J connectivity index is 1.94. The fourth-order valence-electron chi connectivity index (χ4n) is 2.65. The van der Waals surface area contributed by atoms with Gasteiger partial charge in [0.25, 0.3) is 0 Å². The van der Waals surface area contributed by atoms with Crippen LogP contribution in [0.25, 0.3) is 0 Å². The molecule has 0 saturated carbocycles. The van der Waals surface area contributed by atoms with E-state index in [1.54, 1.807) is 0 Å². The number of piperidine rings is 1. The van der Waals surface area contributed by atoms with Gasteiger partial charge < -0.3 is 14.7 Å². The average molecular weight is 281 g/mol. The number of aromatic carboxylic acids is 1. The first kappa shape index (κ1) is 14.8. The van der Waals surface area contributed by atoms with Crippen LogP contribution in [0.1, 0.15) is 36.0 Å². The van der Waals surface area contributed by atoms with Crippen LogP contribution in [0.3, 0.4) is 0 Å². The Morgan fingerprint density at radius 3 is 3.00 bits per heavy atom. The Bertz CT molecular complexity index is 478. The maximum absolute atomic E-state index is 13.5. The Labute approximate surface area is 118 Å². The number of rotatable bonds is 5. The second kappa shape index (κ2) is 6.70. The summed E-state index contributed by atoms with van der Waals surface area (Å²) in [6.45, 7) is 1.49. The SMILES string of the molecule is CN1CCCCC1CCOc1cccc(F)c1C(=O)O. The number of halogens is 1. The molecule has 1 aromatic rings. The van der Waals surface area contributed by atoms with Crippen LogP contribution in [-0.2, 0) is 0 Å². The molecule has 1 N–H and O–H groups in total. The van der Waals surface area contributed by atoms with Crippen LogP contribution in [0.5, 0.6) is 5.75 Å². The van der Waals surface area contributed by atoms with Crippen molar-refractivity contribution in [3.05, 3.63) is 29.6 Å². The third-order valence-corrected chi connectivity index (χ3v) is 3.82. The van der Waals surface area contributed by atoms with E-state index in [1.807, 2.05) is 0 Å². The third-order valence-electron chi connectivity index (χ3n) is 3.82. The van der Waals surface area contributed by atoms with Gasteiger partial charge in [0.15, 0.2) is 0 Å². The van der Waals surface area contributed by atoms with E-state index < -0.39 is 11.8 Å². The summed E-state index contributed by atoms with van der Waals surface area (Å²) < 4.78 is 19.0. The van der Waals surface area contributed by atoms with Crippen molar-refractivity contribution in [3.8, 4) is 5.75 Å². The van der Waals surface area contributed by atoms with Gasteiger partial charge in [-0.15, -0.1) is 0 Å². The predicted molar refractivity (Wildman–Crippen MR) is 73.7 cm³/mol. The van der Waals surface area contributed by atoms with Crippen LogP contribution < -0.4 is 4.74 Å². The number of hydrogen-bond acceptors (Lipinski definition) is 3. The van der Waals surface area contributed by atoms with E-state index in [0.29, 0.717) is 12.6 Å². The number of benzene rings is 1. The molecule has 0 bridgehead atoms. The number of carboxylic acid groups (broad SMARTS) is 1. The van der Waals surface area contributed by atoms with Crippen LogP contribution in [0.4, 0.5) is 4.39 Å². The summed E-state index contributed by atoms with van der Waals surface area (Å²) in [6.07, 6.45) is 4.40. The Hall–Kier alpha value is -1.62. The molecule has 1 heterocycles. The minimum absolute atomic E-state index is 0.107. The predicted octanol–water partition coefficient (Wildman–Crippen LogP) is 2.78. The zero-order valence-corrected chi connectivity index (χ0v) is 11.6. The van der Waals surface area contributed by atoms with E-state index in [4.69, 9.17) is 9.84 Å². The topological polar surface area (TPSA) is 49.8 Å². The lowest BCUT2D eigenvalue weighted by Crippen LogP contribution is -2.37. The van der Waals surface area contributed by atoms with E-state index in [1.165, 1.54) is 25.0 Å². The van der Waals surface area contributed by atoms with Gasteiger partial charge >= 0.3 is 5.97 Å². The lowest BCUT2D eigenvalue weighted by molar-refractivity contribution is 0.0686. The molecule has 1 unspecified atom stereocenters. The van der Waals surface area contributed by atoms with Crippen LogP contribution in [0.15, 0.2) is 18.2 Å². The summed E-state index contributed by atoms with van der Waals surface area (Å²) in [6, 6.07) is 4.55. The Morgan fingerprint density at radius 1 is 1.50 bits per heavy atom. The van der Waals surface area contributed by atoms with Gasteiger partial charge in [-0.1, -0.05) is 12.5 Å². The second-order valence-electron chi connectivity index (χ2n) is 5.19. The highest BCUT2D eigenvalue weighted by Crippen LogP contribution is 2.23. The van der Waals surface area contributed by atoms with Gasteiger partial charge in [-0.3, -0.25) is 0 Å². The highest BCUT2D eigenvalue weighted by molar-refractivity contribution is 5.91. The van der Waals surface area contributed by atoms with Gasteiger partial charge in [0, 0.05) is 6.04 Å². The number of carbonyl (C=O) groups is 1. The van der Waals surface area contributed by atoms with Crippen molar-refractivity contribution in [2.24, 2.45) is 0 Å². The fourth-order valence-corrected chi connectivity index (χ4v) is 2.65. The lowest BCUT2D eigenvalue weighted by Gasteiger charge is -2.32. The summed E-state index contributed by atoms with van der Waals surface area (Å²) in [5, 5.41) is 9.01. The van der Waals surface area contributed by atoms with Crippen molar-refractivity contribution in [1.29, 1.82) is 0 Å². The minimum atomic E-state index is -1.30. The first-order valence-corrected chi connectivity index (χ1v) is 6.94. The minimum Gasteiger partial charge on any atom is -0.493 e. The molecule has 5 heteroatoms. The molecule has 1 aromatic carbocycles. The Morgan fingerprint density at radius 2 is 2.30 bits per heavy atom. The highest BCUT2D eigenvalue weighted by atomic mass is 19.1. The van der Waals surface area contributed by atoms with E-state index in [9.17, 15) is 9.18 Å². The molecule has 1 atom stereocenters. The summed E-state index contributed by atoms with van der Waals surface area (Å²) in [7, 11) is 2.09. The molecule has 1 aliphatic rings. The maximum atomic E-state index is 13.5. The zero-order chi connectivity index (χ0) is 14.5. The standard InChI is InChI=1S/C15H20FNO3/c1-17-9-3-2-5-11(17)8-10-20-13-7-4-6-12(16)14(13)15(18)19/h4,6-7,11H,2-3,5,8-10H2,1H3,(H,18,19). The maximum Gasteiger partial charge on any atom is 0.342 e.